The average Bonchev–Trinajstić information content (AvgIpc) is 3.01. The molecule has 2 aromatic heterocycles. The van der Waals surface area contributed by atoms with Gasteiger partial charge in [-0.15, -0.1) is 11.3 Å². The van der Waals surface area contributed by atoms with E-state index in [1.807, 2.05) is 17.5 Å². The first kappa shape index (κ1) is 15.9. The summed E-state index contributed by atoms with van der Waals surface area (Å²) in [5, 5.41) is 10.9. The van der Waals surface area contributed by atoms with Crippen LogP contribution >= 0.6 is 27.3 Å². The molecule has 0 radical (unpaired) electrons. The quantitative estimate of drug-likeness (QED) is 0.801. The number of hydrogen-bond acceptors (Lipinski definition) is 6. The minimum absolute atomic E-state index is 0.00801. The highest BCUT2D eigenvalue weighted by molar-refractivity contribution is 9.10. The van der Waals surface area contributed by atoms with Crippen LogP contribution in [-0.2, 0) is 0 Å². The van der Waals surface area contributed by atoms with Crippen LogP contribution in [0.4, 0.5) is 0 Å². The number of hydrogen-bond donors (Lipinski definition) is 0. The van der Waals surface area contributed by atoms with Gasteiger partial charge in [0.15, 0.2) is 0 Å². The molecule has 0 N–H and O–H groups in total. The van der Waals surface area contributed by atoms with E-state index in [2.05, 4.69) is 25.9 Å². The Kier molecular flexibility index (Phi) is 4.88. The highest BCUT2D eigenvalue weighted by atomic mass is 79.9. The molecule has 0 aromatic carbocycles. The molecule has 0 spiro atoms. The van der Waals surface area contributed by atoms with Gasteiger partial charge in [0, 0.05) is 28.8 Å². The molecule has 3 rings (SSSR count). The maximum absolute atomic E-state index is 12.5. The van der Waals surface area contributed by atoms with Crippen LogP contribution < -0.4 is 4.74 Å². The fourth-order valence-corrected chi connectivity index (χ4v) is 3.84. The second kappa shape index (κ2) is 7.06. The third kappa shape index (κ3) is 3.68. The third-order valence-electron chi connectivity index (χ3n) is 3.49. The largest absolute Gasteiger partial charge is 0.470 e. The van der Waals surface area contributed by atoms with E-state index in [-0.39, 0.29) is 23.6 Å². The van der Waals surface area contributed by atoms with Gasteiger partial charge in [0.1, 0.15) is 12.2 Å². The van der Waals surface area contributed by atoms with Gasteiger partial charge >= 0.3 is 0 Å². The Bertz CT molecular complexity index is 758. The summed E-state index contributed by atoms with van der Waals surface area (Å²) in [6.45, 7) is 1.19. The van der Waals surface area contributed by atoms with E-state index in [0.717, 1.165) is 17.3 Å². The van der Waals surface area contributed by atoms with Crippen LogP contribution in [0, 0.1) is 11.3 Å². The minimum Gasteiger partial charge on any atom is -0.470 e. The zero-order valence-corrected chi connectivity index (χ0v) is 14.5. The molecular weight excluding hydrogens is 380 g/mol. The van der Waals surface area contributed by atoms with Gasteiger partial charge in [-0.2, -0.15) is 5.26 Å². The Morgan fingerprint density at radius 2 is 2.30 bits per heavy atom. The van der Waals surface area contributed by atoms with Crippen LogP contribution in [0.2, 0.25) is 0 Å². The Morgan fingerprint density at radius 3 is 3.04 bits per heavy atom. The fraction of sp³-hybridized carbons (Fsp3) is 0.333. The molecule has 0 aliphatic carbocycles. The molecule has 1 fully saturated rings. The van der Waals surface area contributed by atoms with Crippen LogP contribution in [-0.4, -0.2) is 40.0 Å². The van der Waals surface area contributed by atoms with Gasteiger partial charge in [0.05, 0.1) is 11.4 Å². The number of carbonyl (C=O) groups is 1. The Balaban J connectivity index is 1.69. The van der Waals surface area contributed by atoms with Crippen LogP contribution in [0.15, 0.2) is 28.3 Å². The predicted molar refractivity (Wildman–Crippen MR) is 88.3 cm³/mol. The highest BCUT2D eigenvalue weighted by Gasteiger charge is 2.27. The SMILES string of the molecule is N#Cc1nccnc1O[C@@H]1CCCN(C(=O)c2cc(Br)cs2)C1. The first-order valence-electron chi connectivity index (χ1n) is 7.08. The lowest BCUT2D eigenvalue weighted by Gasteiger charge is -2.32. The van der Waals surface area contributed by atoms with Crippen molar-refractivity contribution in [1.29, 1.82) is 5.26 Å². The number of nitriles is 1. The van der Waals surface area contributed by atoms with Crippen LogP contribution in [0.25, 0.3) is 0 Å². The lowest BCUT2D eigenvalue weighted by atomic mass is 10.1. The van der Waals surface area contributed by atoms with E-state index in [1.54, 1.807) is 4.90 Å². The first-order valence-corrected chi connectivity index (χ1v) is 8.75. The van der Waals surface area contributed by atoms with Crippen molar-refractivity contribution in [3.05, 3.63) is 38.9 Å². The predicted octanol–water partition coefficient (Wildman–Crippen LogP) is 2.86. The summed E-state index contributed by atoms with van der Waals surface area (Å²) in [5.74, 6) is 0.238. The van der Waals surface area contributed by atoms with E-state index >= 15 is 0 Å². The van der Waals surface area contributed by atoms with Crippen LogP contribution in [0.3, 0.4) is 0 Å². The zero-order valence-electron chi connectivity index (χ0n) is 12.1. The van der Waals surface area contributed by atoms with Crippen molar-refractivity contribution in [2.75, 3.05) is 13.1 Å². The molecule has 3 heterocycles. The van der Waals surface area contributed by atoms with E-state index in [1.165, 1.54) is 23.7 Å². The molecule has 0 saturated carbocycles. The average molecular weight is 393 g/mol. The number of halogens is 1. The van der Waals surface area contributed by atoms with Gasteiger partial charge < -0.3 is 9.64 Å². The molecule has 8 heteroatoms. The first-order chi connectivity index (χ1) is 11.2. The lowest BCUT2D eigenvalue weighted by Crippen LogP contribution is -2.44. The number of carbonyl (C=O) groups excluding carboxylic acids is 1. The molecule has 1 aliphatic rings. The van der Waals surface area contributed by atoms with Gasteiger partial charge in [-0.1, -0.05) is 0 Å². The number of piperidine rings is 1. The van der Waals surface area contributed by atoms with Crippen molar-refractivity contribution in [2.45, 2.75) is 18.9 Å². The molecule has 0 bridgehead atoms. The molecule has 118 valence electrons. The second-order valence-corrected chi connectivity index (χ2v) is 6.91. The fourth-order valence-electron chi connectivity index (χ4n) is 2.45. The maximum Gasteiger partial charge on any atom is 0.264 e. The Labute approximate surface area is 145 Å². The number of ether oxygens (including phenoxy) is 1. The van der Waals surface area contributed by atoms with Gasteiger partial charge in [-0.3, -0.25) is 4.79 Å². The van der Waals surface area contributed by atoms with Crippen molar-refractivity contribution in [3.63, 3.8) is 0 Å². The molecular formula is C15H13BrN4O2S. The molecule has 1 aliphatic heterocycles. The molecule has 6 nitrogen and oxygen atoms in total. The highest BCUT2D eigenvalue weighted by Crippen LogP contribution is 2.24. The molecule has 2 aromatic rings. The number of rotatable bonds is 3. The molecule has 1 saturated heterocycles. The number of aromatic nitrogens is 2. The lowest BCUT2D eigenvalue weighted by molar-refractivity contribution is 0.0530. The minimum atomic E-state index is -0.181. The van der Waals surface area contributed by atoms with E-state index < -0.39 is 0 Å². The Morgan fingerprint density at radius 1 is 1.48 bits per heavy atom. The summed E-state index contributed by atoms with van der Waals surface area (Å²) in [4.78, 5) is 23.0. The number of nitrogens with zero attached hydrogens (tertiary/aromatic N) is 4. The van der Waals surface area contributed by atoms with Crippen LogP contribution in [0.1, 0.15) is 28.2 Å². The standard InChI is InChI=1S/C15H13BrN4O2S/c16-10-6-13(23-9-10)15(21)20-5-1-2-11(8-20)22-14-12(7-17)18-3-4-19-14/h3-4,6,9,11H,1-2,5,8H2/t11-/m1/s1. The van der Waals surface area contributed by atoms with Crippen molar-refractivity contribution >= 4 is 33.2 Å². The summed E-state index contributed by atoms with van der Waals surface area (Å²) >= 11 is 4.78. The molecule has 1 amide bonds. The van der Waals surface area contributed by atoms with E-state index in [9.17, 15) is 4.79 Å². The summed E-state index contributed by atoms with van der Waals surface area (Å²) in [5.41, 5.74) is 0.165. The van der Waals surface area contributed by atoms with Crippen molar-refractivity contribution < 1.29 is 9.53 Å². The van der Waals surface area contributed by atoms with Crippen LogP contribution in [0.5, 0.6) is 5.88 Å². The smallest absolute Gasteiger partial charge is 0.264 e. The normalized spacial score (nSPS) is 17.6. The van der Waals surface area contributed by atoms with Crippen molar-refractivity contribution in [3.8, 4) is 11.9 Å². The second-order valence-electron chi connectivity index (χ2n) is 5.08. The van der Waals surface area contributed by atoms with Crippen molar-refractivity contribution in [2.24, 2.45) is 0 Å². The summed E-state index contributed by atoms with van der Waals surface area (Å²) < 4.78 is 6.71. The van der Waals surface area contributed by atoms with Gasteiger partial charge in [0.25, 0.3) is 11.8 Å². The number of likely N-dealkylation sites (tertiary alicyclic amines) is 1. The summed E-state index contributed by atoms with van der Waals surface area (Å²) in [6, 6.07) is 3.79. The van der Waals surface area contributed by atoms with Gasteiger partial charge in [0.2, 0.25) is 5.69 Å². The zero-order chi connectivity index (χ0) is 16.2. The molecule has 1 atom stereocenters. The Hall–Kier alpha value is -1.98. The molecule has 23 heavy (non-hydrogen) atoms. The van der Waals surface area contributed by atoms with E-state index in [4.69, 9.17) is 10.00 Å². The van der Waals surface area contributed by atoms with Crippen molar-refractivity contribution in [1.82, 2.24) is 14.9 Å². The number of thiophene rings is 1. The van der Waals surface area contributed by atoms with E-state index in [0.29, 0.717) is 18.0 Å². The topological polar surface area (TPSA) is 79.1 Å². The summed E-state index contributed by atoms with van der Waals surface area (Å²) in [6.07, 6.45) is 4.44. The maximum atomic E-state index is 12.5. The molecule has 0 unspecified atom stereocenters. The monoisotopic (exact) mass is 392 g/mol. The number of amides is 1. The van der Waals surface area contributed by atoms with Gasteiger partial charge in [-0.25, -0.2) is 9.97 Å². The van der Waals surface area contributed by atoms with Gasteiger partial charge in [-0.05, 0) is 34.8 Å². The summed E-state index contributed by atoms with van der Waals surface area (Å²) in [7, 11) is 0. The third-order valence-corrected chi connectivity index (χ3v) is 5.17.